The van der Waals surface area contributed by atoms with E-state index in [9.17, 15) is 9.59 Å². The van der Waals surface area contributed by atoms with E-state index >= 15 is 0 Å². The van der Waals surface area contributed by atoms with Gasteiger partial charge in [-0.1, -0.05) is 163 Å². The number of unbranched alkanes of at least 4 members (excludes halogenated alkanes) is 14. The van der Waals surface area contributed by atoms with Crippen molar-refractivity contribution in [3.63, 3.8) is 0 Å². The number of piperidine rings is 2. The van der Waals surface area contributed by atoms with Crippen molar-refractivity contribution in [2.45, 2.75) is 182 Å². The van der Waals surface area contributed by atoms with Gasteiger partial charge in [0.15, 0.2) is 13.1 Å². The highest BCUT2D eigenvalue weighted by atomic mass is 16.5. The van der Waals surface area contributed by atoms with Crippen molar-refractivity contribution in [3.8, 4) is 11.1 Å². The van der Waals surface area contributed by atoms with Crippen LogP contribution in [-0.4, -0.2) is 86.5 Å². The van der Waals surface area contributed by atoms with Crippen LogP contribution in [0.2, 0.25) is 0 Å². The minimum absolute atomic E-state index is 0.0158. The number of hydrogen-bond donors (Lipinski definition) is 0. The van der Waals surface area contributed by atoms with Crippen LogP contribution < -0.4 is 0 Å². The zero-order chi connectivity index (χ0) is 44.1. The fourth-order valence-electron chi connectivity index (χ4n) is 9.78. The number of ether oxygens (including phenoxy) is 2. The summed E-state index contributed by atoms with van der Waals surface area (Å²) in [6, 6.07) is 18.1. The van der Waals surface area contributed by atoms with Crippen LogP contribution >= 0.6 is 0 Å². The first-order chi connectivity index (χ1) is 30.2. The zero-order valence-corrected chi connectivity index (χ0v) is 40.3. The van der Waals surface area contributed by atoms with Crippen LogP contribution in [0.5, 0.6) is 0 Å². The Hall–Kier alpha value is -3.22. The zero-order valence-electron chi connectivity index (χ0n) is 40.3. The van der Waals surface area contributed by atoms with Crippen LogP contribution in [-0.2, 0) is 31.9 Å². The SMILES string of the molecule is CCCCCCCCCCOC(=O)C[N+]1(C/C=C(\C)Cc2ccc(-c3ccc(C/C(C)=C/C[N+]4(CC(=O)OCCCCCCCCCC)CCCCC4)cc3)cc2)CCCCC1. The van der Waals surface area contributed by atoms with E-state index in [1.54, 1.807) is 0 Å². The van der Waals surface area contributed by atoms with E-state index < -0.39 is 0 Å². The van der Waals surface area contributed by atoms with Crippen LogP contribution in [0.3, 0.4) is 0 Å². The summed E-state index contributed by atoms with van der Waals surface area (Å²) in [4.78, 5) is 26.0. The number of benzene rings is 2. The molecule has 4 rings (SSSR count). The number of allylic oxidation sites excluding steroid dienone is 2. The third-order valence-corrected chi connectivity index (χ3v) is 13.8. The Labute approximate surface area is 380 Å². The van der Waals surface area contributed by atoms with E-state index in [2.05, 4.69) is 88.4 Å². The molecule has 0 unspecified atom stereocenters. The topological polar surface area (TPSA) is 52.6 Å². The lowest BCUT2D eigenvalue weighted by Gasteiger charge is -2.40. The maximum atomic E-state index is 13.0. The number of nitrogens with zero attached hydrogens (tertiary/aromatic N) is 2. The van der Waals surface area contributed by atoms with Crippen LogP contribution in [0, 0.1) is 0 Å². The number of rotatable bonds is 31. The van der Waals surface area contributed by atoms with Crippen LogP contribution in [0.15, 0.2) is 71.8 Å². The molecule has 2 fully saturated rings. The molecule has 2 saturated heterocycles. The summed E-state index contributed by atoms with van der Waals surface area (Å²) in [6.45, 7) is 17.2. The molecule has 6 nitrogen and oxygen atoms in total. The fraction of sp³-hybridized carbons (Fsp3) is 0.679. The van der Waals surface area contributed by atoms with E-state index in [0.717, 1.165) is 86.8 Å². The Morgan fingerprint density at radius 1 is 0.468 bits per heavy atom. The monoisotopic (exact) mass is 855 g/mol. The van der Waals surface area contributed by atoms with E-state index in [-0.39, 0.29) is 11.9 Å². The van der Waals surface area contributed by atoms with Gasteiger partial charge in [0.2, 0.25) is 0 Å². The van der Waals surface area contributed by atoms with E-state index in [1.807, 2.05) is 0 Å². The summed E-state index contributed by atoms with van der Waals surface area (Å²) in [5.41, 5.74) is 7.85. The van der Waals surface area contributed by atoms with Gasteiger partial charge in [0, 0.05) is 0 Å². The molecule has 0 radical (unpaired) electrons. The van der Waals surface area contributed by atoms with Crippen molar-refractivity contribution in [1.82, 2.24) is 0 Å². The second kappa shape index (κ2) is 30.0. The minimum atomic E-state index is -0.0158. The molecule has 2 aliphatic heterocycles. The molecule has 62 heavy (non-hydrogen) atoms. The van der Waals surface area contributed by atoms with Crippen LogP contribution in [0.1, 0.15) is 180 Å². The van der Waals surface area contributed by atoms with Gasteiger partial charge in [-0.3, -0.25) is 0 Å². The molecular weight excluding hydrogens is 765 g/mol. The molecule has 0 saturated carbocycles. The maximum absolute atomic E-state index is 13.0. The first-order valence-electron chi connectivity index (χ1n) is 25.7. The van der Waals surface area contributed by atoms with Gasteiger partial charge in [0.1, 0.15) is 0 Å². The van der Waals surface area contributed by atoms with Gasteiger partial charge in [0.05, 0.1) is 52.5 Å². The fourth-order valence-corrected chi connectivity index (χ4v) is 9.78. The first-order valence-corrected chi connectivity index (χ1v) is 25.7. The normalized spacial score (nSPS) is 16.6. The van der Waals surface area contributed by atoms with Gasteiger partial charge >= 0.3 is 11.9 Å². The molecule has 2 aromatic rings. The highest BCUT2D eigenvalue weighted by molar-refractivity contribution is 5.71. The molecule has 0 N–H and O–H groups in total. The van der Waals surface area contributed by atoms with Crippen molar-refractivity contribution in [1.29, 1.82) is 0 Å². The first kappa shape index (κ1) is 51.4. The van der Waals surface area contributed by atoms with Crippen molar-refractivity contribution < 1.29 is 28.0 Å². The predicted molar refractivity (Wildman–Crippen MR) is 261 cm³/mol. The molecule has 0 atom stereocenters. The van der Waals surface area contributed by atoms with Crippen LogP contribution in [0.4, 0.5) is 0 Å². The number of likely N-dealkylation sites (tertiary alicyclic amines) is 2. The van der Waals surface area contributed by atoms with Gasteiger partial charge in [-0.25, -0.2) is 9.59 Å². The lowest BCUT2D eigenvalue weighted by molar-refractivity contribution is -0.920. The molecule has 0 spiro atoms. The predicted octanol–water partition coefficient (Wildman–Crippen LogP) is 13.7. The lowest BCUT2D eigenvalue weighted by Crippen LogP contribution is -2.54. The summed E-state index contributed by atoms with van der Waals surface area (Å²) in [6.07, 6.45) is 34.0. The van der Waals surface area contributed by atoms with Gasteiger partial charge in [-0.2, -0.15) is 0 Å². The highest BCUT2D eigenvalue weighted by Crippen LogP contribution is 2.25. The molecule has 2 aliphatic rings. The Morgan fingerprint density at radius 3 is 1.13 bits per heavy atom. The summed E-state index contributed by atoms with van der Waals surface area (Å²) in [5, 5.41) is 0. The Bertz CT molecular complexity index is 1460. The van der Waals surface area contributed by atoms with Gasteiger partial charge in [-0.05, 0) is 112 Å². The van der Waals surface area contributed by atoms with Crippen molar-refractivity contribution >= 4 is 11.9 Å². The summed E-state index contributed by atoms with van der Waals surface area (Å²) in [5.74, 6) is -0.0317. The van der Waals surface area contributed by atoms with E-state index in [1.165, 1.54) is 149 Å². The molecule has 6 heteroatoms. The Balaban J connectivity index is 1.20. The molecular formula is C56H90N2O4+2. The van der Waals surface area contributed by atoms with Crippen molar-refractivity contribution in [2.75, 3.05) is 65.6 Å². The summed E-state index contributed by atoms with van der Waals surface area (Å²) >= 11 is 0. The van der Waals surface area contributed by atoms with Gasteiger partial charge < -0.3 is 18.4 Å². The highest BCUT2D eigenvalue weighted by Gasteiger charge is 2.33. The lowest BCUT2D eigenvalue weighted by atomic mass is 9.98. The molecule has 2 aromatic carbocycles. The average Bonchev–Trinajstić information content (AvgIpc) is 3.28. The number of carbonyl (C=O) groups excluding carboxylic acids is 2. The van der Waals surface area contributed by atoms with Gasteiger partial charge in [0.25, 0.3) is 0 Å². The molecule has 0 bridgehead atoms. The number of quaternary nitrogens is 2. The third-order valence-electron chi connectivity index (χ3n) is 13.8. The Morgan fingerprint density at radius 2 is 0.790 bits per heavy atom. The smallest absolute Gasteiger partial charge is 0.361 e. The van der Waals surface area contributed by atoms with Crippen molar-refractivity contribution in [3.05, 3.63) is 83.0 Å². The average molecular weight is 855 g/mol. The van der Waals surface area contributed by atoms with Crippen molar-refractivity contribution in [2.24, 2.45) is 0 Å². The second-order valence-corrected chi connectivity index (χ2v) is 19.6. The Kier molecular flexibility index (Phi) is 24.9. The quantitative estimate of drug-likeness (QED) is 0.0328. The maximum Gasteiger partial charge on any atom is 0.361 e. The summed E-state index contributed by atoms with van der Waals surface area (Å²) < 4.78 is 13.2. The number of esters is 2. The third kappa shape index (κ3) is 20.5. The molecule has 0 aliphatic carbocycles. The summed E-state index contributed by atoms with van der Waals surface area (Å²) in [7, 11) is 0. The minimum Gasteiger partial charge on any atom is -0.462 e. The van der Waals surface area contributed by atoms with Crippen LogP contribution in [0.25, 0.3) is 11.1 Å². The molecule has 0 aromatic heterocycles. The van der Waals surface area contributed by atoms with E-state index in [0.29, 0.717) is 26.3 Å². The second-order valence-electron chi connectivity index (χ2n) is 19.6. The van der Waals surface area contributed by atoms with E-state index in [4.69, 9.17) is 9.47 Å². The molecule has 2 heterocycles. The molecule has 346 valence electrons. The van der Waals surface area contributed by atoms with Gasteiger partial charge in [-0.15, -0.1) is 0 Å². The molecule has 0 amide bonds. The number of hydrogen-bond acceptors (Lipinski definition) is 4. The standard InChI is InChI=1S/C56H90N2O4/c1-5-7-9-11-13-15-17-25-43-61-55(59)47-57(37-21-19-22-38-57)41-35-49(3)45-51-27-31-53(32-28-51)54-33-29-52(30-34-54)46-50(4)36-42-58(39-23-20-24-40-58)48-56(60)62-44-26-18-16-14-12-10-8-6-2/h27-36H,5-26,37-48H2,1-4H3/q+2/b49-35+,50-36+. The largest absolute Gasteiger partial charge is 0.462 e. The number of carbonyl (C=O) groups is 2.